The van der Waals surface area contributed by atoms with Crippen LogP contribution in [-0.4, -0.2) is 21.7 Å². The first-order valence-electron chi connectivity index (χ1n) is 6.16. The molecule has 0 aliphatic rings. The van der Waals surface area contributed by atoms with Crippen LogP contribution in [-0.2, 0) is 13.2 Å². The minimum absolute atomic E-state index is 0.334. The molecule has 0 radical (unpaired) electrons. The van der Waals surface area contributed by atoms with Gasteiger partial charge in [0, 0.05) is 11.4 Å². The van der Waals surface area contributed by atoms with Gasteiger partial charge < -0.3 is 8.83 Å². The number of furan rings is 1. The first-order valence-corrected chi connectivity index (χ1v) is 8.18. The second-order valence-electron chi connectivity index (χ2n) is 4.51. The molecule has 8 heteroatoms. The lowest BCUT2D eigenvalue weighted by Gasteiger charge is -2.14. The predicted molar refractivity (Wildman–Crippen MR) is 86.5 cm³/mol. The summed E-state index contributed by atoms with van der Waals surface area (Å²) >= 11 is 10.4. The van der Waals surface area contributed by atoms with Gasteiger partial charge in [-0.25, -0.2) is 4.68 Å². The largest absolute Gasteiger partial charge is 0.459 e. The maximum absolute atomic E-state index is 5.46. The average Bonchev–Trinajstić information content (AvgIpc) is 3.13. The van der Waals surface area contributed by atoms with E-state index in [2.05, 4.69) is 32.0 Å². The molecule has 0 N–H and O–H groups in total. The highest BCUT2D eigenvalue weighted by molar-refractivity contribution is 9.11. The number of halogens is 1. The Kier molecular flexibility index (Phi) is 4.39. The van der Waals surface area contributed by atoms with Crippen LogP contribution in [0, 0.1) is 4.84 Å². The molecular weight excluding hydrogens is 374 g/mol. The molecule has 0 unspecified atom stereocenters. The molecule has 0 aromatic carbocycles. The summed E-state index contributed by atoms with van der Waals surface area (Å²) in [6, 6.07) is 7.72. The van der Waals surface area contributed by atoms with Gasteiger partial charge in [-0.1, -0.05) is 0 Å². The van der Waals surface area contributed by atoms with Crippen LogP contribution >= 0.6 is 39.5 Å². The fraction of sp³-hybridized carbons (Fsp3) is 0.231. The zero-order valence-electron chi connectivity index (χ0n) is 11.2. The highest BCUT2D eigenvalue weighted by atomic mass is 79.9. The van der Waals surface area contributed by atoms with E-state index < -0.39 is 0 Å². The molecule has 3 aromatic heterocycles. The van der Waals surface area contributed by atoms with Crippen molar-refractivity contribution in [3.63, 3.8) is 0 Å². The van der Waals surface area contributed by atoms with Crippen molar-refractivity contribution in [2.24, 2.45) is 0 Å². The van der Waals surface area contributed by atoms with Gasteiger partial charge in [-0.05, 0) is 59.5 Å². The second-order valence-corrected chi connectivity index (χ2v) is 7.41. The Morgan fingerprint density at radius 1 is 1.43 bits per heavy atom. The monoisotopic (exact) mass is 385 g/mol. The van der Waals surface area contributed by atoms with Crippen LogP contribution < -0.4 is 0 Å². The summed E-state index contributed by atoms with van der Waals surface area (Å²) in [7, 11) is 2.01. The molecule has 0 saturated carbocycles. The van der Waals surface area contributed by atoms with Gasteiger partial charge in [0.15, 0.2) is 5.76 Å². The lowest BCUT2D eigenvalue weighted by Crippen LogP contribution is -2.22. The number of thiophene rings is 1. The summed E-state index contributed by atoms with van der Waals surface area (Å²) in [4.78, 5) is 3.72. The normalized spacial score (nSPS) is 11.4. The molecule has 3 rings (SSSR count). The Morgan fingerprint density at radius 2 is 2.29 bits per heavy atom. The molecule has 3 heterocycles. The van der Waals surface area contributed by atoms with Gasteiger partial charge in [0.05, 0.1) is 16.7 Å². The summed E-state index contributed by atoms with van der Waals surface area (Å²) in [6.07, 6.45) is 1.58. The highest BCUT2D eigenvalue weighted by Gasteiger charge is 2.12. The third-order valence-electron chi connectivity index (χ3n) is 2.77. The third kappa shape index (κ3) is 3.52. The number of hydrogen-bond acceptors (Lipinski definition) is 6. The molecule has 0 bridgehead atoms. The van der Waals surface area contributed by atoms with Gasteiger partial charge in [0.2, 0.25) is 0 Å². The van der Waals surface area contributed by atoms with Gasteiger partial charge in [0.25, 0.3) is 10.7 Å². The lowest BCUT2D eigenvalue weighted by atomic mass is 10.4. The number of nitrogens with zero attached hydrogens (tertiary/aromatic N) is 3. The molecule has 110 valence electrons. The van der Waals surface area contributed by atoms with Gasteiger partial charge in [0.1, 0.15) is 0 Å². The molecule has 5 nitrogen and oxygen atoms in total. The summed E-state index contributed by atoms with van der Waals surface area (Å²) < 4.78 is 13.5. The van der Waals surface area contributed by atoms with Gasteiger partial charge in [-0.15, -0.1) is 16.4 Å². The van der Waals surface area contributed by atoms with Crippen LogP contribution in [0.4, 0.5) is 0 Å². The molecule has 0 atom stereocenters. The standard InChI is InChI=1S/C13H12BrN3O2S2/c1-16(7-9-4-5-11(14)21-9)8-17-13(20)19-12(15-17)10-3-2-6-18-10/h2-6H,7-8H2,1H3. The van der Waals surface area contributed by atoms with Gasteiger partial charge >= 0.3 is 0 Å². The zero-order valence-corrected chi connectivity index (χ0v) is 14.4. The maximum Gasteiger partial charge on any atom is 0.288 e. The molecule has 0 aliphatic heterocycles. The summed E-state index contributed by atoms with van der Waals surface area (Å²) in [6.45, 7) is 1.37. The van der Waals surface area contributed by atoms with Crippen molar-refractivity contribution < 1.29 is 8.83 Å². The minimum atomic E-state index is 0.334. The van der Waals surface area contributed by atoms with Crippen LogP contribution in [0.2, 0.25) is 0 Å². The summed E-state index contributed by atoms with van der Waals surface area (Å²) in [5.74, 6) is 0.974. The van der Waals surface area contributed by atoms with E-state index in [4.69, 9.17) is 21.1 Å². The average molecular weight is 386 g/mol. The minimum Gasteiger partial charge on any atom is -0.459 e. The number of rotatable bonds is 5. The maximum atomic E-state index is 5.46. The first kappa shape index (κ1) is 14.7. The molecule has 21 heavy (non-hydrogen) atoms. The van der Waals surface area contributed by atoms with E-state index in [0.29, 0.717) is 23.2 Å². The predicted octanol–water partition coefficient (Wildman–Crippen LogP) is 4.38. The Bertz CT molecular complexity index is 776. The molecular formula is C13H12BrN3O2S2. The van der Waals surface area contributed by atoms with E-state index in [0.717, 1.165) is 10.3 Å². The SMILES string of the molecule is CN(Cc1ccc(Br)s1)Cn1nc(-c2ccco2)oc1=S. The van der Waals surface area contributed by atoms with Crippen molar-refractivity contribution in [2.45, 2.75) is 13.2 Å². The smallest absolute Gasteiger partial charge is 0.288 e. The van der Waals surface area contributed by atoms with E-state index in [1.807, 2.05) is 13.1 Å². The molecule has 0 fully saturated rings. The van der Waals surface area contributed by atoms with Crippen molar-refractivity contribution in [1.82, 2.24) is 14.7 Å². The Labute approximate surface area is 138 Å². The van der Waals surface area contributed by atoms with Crippen LogP contribution in [0.15, 0.2) is 43.1 Å². The van der Waals surface area contributed by atoms with E-state index in [-0.39, 0.29) is 0 Å². The number of hydrogen-bond donors (Lipinski definition) is 0. The summed E-state index contributed by atoms with van der Waals surface area (Å²) in [5, 5.41) is 4.34. The molecule has 0 aliphatic carbocycles. The second kappa shape index (κ2) is 6.27. The van der Waals surface area contributed by atoms with Crippen LogP contribution in [0.5, 0.6) is 0 Å². The highest BCUT2D eigenvalue weighted by Crippen LogP contribution is 2.23. The lowest BCUT2D eigenvalue weighted by molar-refractivity contribution is 0.242. The quantitative estimate of drug-likeness (QED) is 0.609. The van der Waals surface area contributed by atoms with Crippen molar-refractivity contribution in [3.8, 4) is 11.7 Å². The van der Waals surface area contributed by atoms with E-state index >= 15 is 0 Å². The molecule has 0 amide bonds. The first-order chi connectivity index (χ1) is 10.1. The van der Waals surface area contributed by atoms with Gasteiger partial charge in [-0.3, -0.25) is 4.90 Å². The van der Waals surface area contributed by atoms with Crippen LogP contribution in [0.1, 0.15) is 4.88 Å². The fourth-order valence-electron chi connectivity index (χ4n) is 1.88. The topological polar surface area (TPSA) is 47.3 Å². The van der Waals surface area contributed by atoms with E-state index in [1.54, 1.807) is 34.4 Å². The van der Waals surface area contributed by atoms with Crippen LogP contribution in [0.3, 0.4) is 0 Å². The molecule has 0 saturated heterocycles. The molecule has 0 spiro atoms. The fourth-order valence-corrected chi connectivity index (χ4v) is 3.62. The zero-order chi connectivity index (χ0) is 14.8. The Balaban J connectivity index is 1.71. The van der Waals surface area contributed by atoms with Crippen LogP contribution in [0.25, 0.3) is 11.7 Å². The van der Waals surface area contributed by atoms with Crippen molar-refractivity contribution >= 4 is 39.5 Å². The van der Waals surface area contributed by atoms with Crippen molar-refractivity contribution in [3.05, 3.63) is 44.0 Å². The van der Waals surface area contributed by atoms with E-state index in [9.17, 15) is 0 Å². The van der Waals surface area contributed by atoms with Crippen molar-refractivity contribution in [2.75, 3.05) is 7.05 Å². The Morgan fingerprint density at radius 3 is 2.95 bits per heavy atom. The summed E-state index contributed by atoms with van der Waals surface area (Å²) in [5.41, 5.74) is 0. The van der Waals surface area contributed by atoms with E-state index in [1.165, 1.54) is 4.88 Å². The number of aromatic nitrogens is 2. The van der Waals surface area contributed by atoms with Crippen molar-refractivity contribution in [1.29, 1.82) is 0 Å². The Hall–Kier alpha value is -1.22. The third-order valence-corrected chi connectivity index (χ3v) is 4.67. The van der Waals surface area contributed by atoms with Gasteiger partial charge in [-0.2, -0.15) is 0 Å². The molecule has 3 aromatic rings.